The van der Waals surface area contributed by atoms with Gasteiger partial charge >= 0.3 is 0 Å². The van der Waals surface area contributed by atoms with Crippen molar-refractivity contribution in [2.45, 2.75) is 45.6 Å². The van der Waals surface area contributed by atoms with Crippen LogP contribution < -0.4 is 5.43 Å². The number of aromatic nitrogens is 1. The van der Waals surface area contributed by atoms with E-state index in [9.17, 15) is 0 Å². The Hall–Kier alpha value is -0.920. The molecule has 14 heavy (non-hydrogen) atoms. The van der Waals surface area contributed by atoms with E-state index in [1.807, 2.05) is 0 Å². The molecular weight excluding hydrogens is 172 g/mol. The molecule has 0 atom stereocenters. The van der Waals surface area contributed by atoms with E-state index < -0.39 is 0 Å². The summed E-state index contributed by atoms with van der Waals surface area (Å²) in [6, 6.07) is 4.77. The van der Waals surface area contributed by atoms with Crippen LogP contribution in [0.5, 0.6) is 0 Å². The fraction of sp³-hybridized carbons (Fsp3) is 0.667. The second-order valence-electron chi connectivity index (χ2n) is 5.16. The lowest BCUT2D eigenvalue weighted by atomic mass is 9.76. The fourth-order valence-electron chi connectivity index (χ4n) is 2.16. The smallest absolute Gasteiger partial charge is 0.0424 e. The van der Waals surface area contributed by atoms with Gasteiger partial charge in [0.15, 0.2) is 0 Å². The average molecular weight is 192 g/mol. The molecule has 1 fully saturated rings. The maximum Gasteiger partial charge on any atom is 0.0424 e. The van der Waals surface area contributed by atoms with Gasteiger partial charge in [-0.15, -0.1) is 0 Å². The zero-order valence-corrected chi connectivity index (χ0v) is 9.16. The third kappa shape index (κ3) is 2.31. The van der Waals surface area contributed by atoms with Gasteiger partial charge in [0, 0.05) is 18.4 Å². The van der Waals surface area contributed by atoms with Crippen molar-refractivity contribution < 1.29 is 0 Å². The average Bonchev–Trinajstić information content (AvgIpc) is 2.61. The molecule has 1 aliphatic carbocycles. The molecule has 0 aromatic carbocycles. The van der Waals surface area contributed by atoms with Gasteiger partial charge in [0.25, 0.3) is 0 Å². The van der Waals surface area contributed by atoms with Gasteiger partial charge in [0.2, 0.25) is 0 Å². The predicted molar refractivity (Wildman–Crippen MR) is 59.8 cm³/mol. The first-order chi connectivity index (χ1) is 6.66. The summed E-state index contributed by atoms with van der Waals surface area (Å²) in [5.41, 5.74) is 4.08. The van der Waals surface area contributed by atoms with Crippen molar-refractivity contribution in [3.05, 3.63) is 24.5 Å². The lowest BCUT2D eigenvalue weighted by Gasteiger charge is -2.35. The Labute approximate surface area is 86.3 Å². The lowest BCUT2D eigenvalue weighted by Crippen LogP contribution is -2.33. The third-order valence-electron chi connectivity index (χ3n) is 3.28. The minimum Gasteiger partial charge on any atom is -0.323 e. The van der Waals surface area contributed by atoms with Crippen molar-refractivity contribution in [1.29, 1.82) is 0 Å². The summed E-state index contributed by atoms with van der Waals surface area (Å²) in [4.78, 5) is 0. The van der Waals surface area contributed by atoms with E-state index in [1.54, 1.807) is 0 Å². The van der Waals surface area contributed by atoms with Crippen molar-refractivity contribution in [2.24, 2.45) is 5.41 Å². The van der Waals surface area contributed by atoms with Crippen molar-refractivity contribution in [3.63, 3.8) is 0 Å². The van der Waals surface area contributed by atoms with E-state index in [2.05, 4.69) is 48.5 Å². The molecule has 0 bridgehead atoms. The van der Waals surface area contributed by atoms with E-state index in [0.29, 0.717) is 11.5 Å². The highest BCUT2D eigenvalue weighted by molar-refractivity contribution is 4.97. The number of nitrogens with zero attached hydrogens (tertiary/aromatic N) is 1. The molecule has 0 aliphatic heterocycles. The monoisotopic (exact) mass is 192 g/mol. The van der Waals surface area contributed by atoms with Gasteiger partial charge in [-0.1, -0.05) is 13.8 Å². The Morgan fingerprint density at radius 3 is 2.29 bits per heavy atom. The highest BCUT2D eigenvalue weighted by Gasteiger charge is 2.26. The Morgan fingerprint density at radius 1 is 1.14 bits per heavy atom. The molecule has 0 unspecified atom stereocenters. The van der Waals surface area contributed by atoms with Crippen LogP contribution in [0, 0.1) is 5.41 Å². The summed E-state index contributed by atoms with van der Waals surface area (Å²) in [5, 5.41) is 0. The van der Waals surface area contributed by atoms with Gasteiger partial charge in [-0.05, 0) is 43.2 Å². The number of hydrogen-bond acceptors (Lipinski definition) is 1. The fourth-order valence-corrected chi connectivity index (χ4v) is 2.16. The van der Waals surface area contributed by atoms with Crippen LogP contribution >= 0.6 is 0 Å². The zero-order chi connectivity index (χ0) is 10.0. The molecule has 1 aromatic rings. The van der Waals surface area contributed by atoms with Crippen LogP contribution in [0.2, 0.25) is 0 Å². The molecule has 1 aromatic heterocycles. The van der Waals surface area contributed by atoms with E-state index >= 15 is 0 Å². The molecule has 0 amide bonds. The minimum atomic E-state index is 0.564. The van der Waals surface area contributed by atoms with Gasteiger partial charge in [0.05, 0.1) is 0 Å². The van der Waals surface area contributed by atoms with Crippen molar-refractivity contribution in [1.82, 2.24) is 4.68 Å². The van der Waals surface area contributed by atoms with Crippen LogP contribution in [0.1, 0.15) is 39.5 Å². The normalized spacial score (nSPS) is 22.1. The van der Waals surface area contributed by atoms with Gasteiger partial charge < -0.3 is 5.43 Å². The Balaban J connectivity index is 1.85. The Bertz CT molecular complexity index is 265. The predicted octanol–water partition coefficient (Wildman–Crippen LogP) is 3.00. The molecule has 1 saturated carbocycles. The van der Waals surface area contributed by atoms with Crippen LogP contribution in [0.25, 0.3) is 0 Å². The quantitative estimate of drug-likeness (QED) is 0.762. The molecule has 78 valence electrons. The summed E-state index contributed by atoms with van der Waals surface area (Å²) < 4.78 is 2.07. The Morgan fingerprint density at radius 2 is 1.71 bits per heavy atom. The highest BCUT2D eigenvalue weighted by atomic mass is 15.4. The number of nitrogens with one attached hydrogen (secondary N) is 1. The summed E-state index contributed by atoms with van der Waals surface area (Å²) in [7, 11) is 0. The summed E-state index contributed by atoms with van der Waals surface area (Å²) in [6.45, 7) is 4.75. The number of hydrogen-bond donors (Lipinski definition) is 1. The van der Waals surface area contributed by atoms with Gasteiger partial charge in [0.1, 0.15) is 0 Å². The first-order valence-corrected chi connectivity index (χ1v) is 5.55. The highest BCUT2D eigenvalue weighted by Crippen LogP contribution is 2.35. The first-order valence-electron chi connectivity index (χ1n) is 5.55. The van der Waals surface area contributed by atoms with Gasteiger partial charge in [-0.2, -0.15) is 0 Å². The minimum absolute atomic E-state index is 0.564. The van der Waals surface area contributed by atoms with Crippen LogP contribution in [-0.4, -0.2) is 10.7 Å². The standard InChI is InChI=1S/C12H20N2/c1-12(2)7-5-11(6-8-12)13-14-9-3-4-10-14/h3-4,9-11,13H,5-8H2,1-2H3. The summed E-state index contributed by atoms with van der Waals surface area (Å²) in [5.74, 6) is 0. The molecule has 2 heteroatoms. The van der Waals surface area contributed by atoms with Crippen molar-refractivity contribution in [2.75, 3.05) is 5.43 Å². The molecule has 1 heterocycles. The molecular formula is C12H20N2. The zero-order valence-electron chi connectivity index (χ0n) is 9.16. The molecule has 1 aliphatic rings. The Kier molecular flexibility index (Phi) is 2.53. The van der Waals surface area contributed by atoms with E-state index in [1.165, 1.54) is 25.7 Å². The lowest BCUT2D eigenvalue weighted by molar-refractivity contribution is 0.227. The second kappa shape index (κ2) is 3.68. The molecule has 2 rings (SSSR count). The van der Waals surface area contributed by atoms with Crippen LogP contribution in [0.15, 0.2) is 24.5 Å². The topological polar surface area (TPSA) is 17.0 Å². The van der Waals surface area contributed by atoms with Crippen molar-refractivity contribution >= 4 is 0 Å². The van der Waals surface area contributed by atoms with Crippen LogP contribution in [-0.2, 0) is 0 Å². The van der Waals surface area contributed by atoms with Gasteiger partial charge in [-0.3, -0.25) is 4.68 Å². The maximum atomic E-state index is 3.52. The SMILES string of the molecule is CC1(C)CCC(Nn2cccc2)CC1. The number of rotatable bonds is 2. The van der Waals surface area contributed by atoms with Gasteiger partial charge in [-0.25, -0.2) is 0 Å². The van der Waals surface area contributed by atoms with Crippen LogP contribution in [0.3, 0.4) is 0 Å². The van der Waals surface area contributed by atoms with E-state index in [0.717, 1.165) is 0 Å². The molecule has 2 nitrogen and oxygen atoms in total. The van der Waals surface area contributed by atoms with Crippen LogP contribution in [0.4, 0.5) is 0 Å². The third-order valence-corrected chi connectivity index (χ3v) is 3.28. The molecule has 0 saturated heterocycles. The first kappa shape index (κ1) is 9.63. The largest absolute Gasteiger partial charge is 0.323 e. The van der Waals surface area contributed by atoms with E-state index in [4.69, 9.17) is 0 Å². The summed E-state index contributed by atoms with van der Waals surface area (Å²) >= 11 is 0. The summed E-state index contributed by atoms with van der Waals surface area (Å²) in [6.07, 6.45) is 9.41. The second-order valence-corrected chi connectivity index (χ2v) is 5.16. The maximum absolute atomic E-state index is 3.52. The van der Waals surface area contributed by atoms with Crippen molar-refractivity contribution in [3.8, 4) is 0 Å². The molecule has 1 N–H and O–H groups in total. The molecule has 0 spiro atoms. The van der Waals surface area contributed by atoms with E-state index in [-0.39, 0.29) is 0 Å². The molecule has 0 radical (unpaired) electrons.